The van der Waals surface area contributed by atoms with Crippen molar-refractivity contribution in [2.45, 2.75) is 44.2 Å². The molecule has 1 aliphatic heterocycles. The van der Waals surface area contributed by atoms with Crippen molar-refractivity contribution >= 4 is 5.91 Å². The topological polar surface area (TPSA) is 32.3 Å². The minimum absolute atomic E-state index is 0.0607. The maximum Gasteiger partial charge on any atom is 0.239 e. The monoisotopic (exact) mass is 196 g/mol. The molecule has 0 aromatic rings. The number of rotatable bonds is 1. The number of fused-ring (bicyclic) bond motifs is 1. The van der Waals surface area contributed by atoms with Crippen LogP contribution in [0.4, 0.5) is 0 Å². The second-order valence-electron chi connectivity index (χ2n) is 4.63. The van der Waals surface area contributed by atoms with Gasteiger partial charge in [-0.2, -0.15) is 0 Å². The van der Waals surface area contributed by atoms with Gasteiger partial charge in [-0.3, -0.25) is 4.79 Å². The summed E-state index contributed by atoms with van der Waals surface area (Å²) in [6, 6.07) is 0.589. The van der Waals surface area contributed by atoms with Gasteiger partial charge in [0.05, 0.1) is 6.04 Å². The fraction of sp³-hybridized carbons (Fsp3) is 0.909. The molecular formula is C11H20N2O. The minimum atomic E-state index is 0.0607. The summed E-state index contributed by atoms with van der Waals surface area (Å²) in [5.74, 6) is 1.06. The summed E-state index contributed by atoms with van der Waals surface area (Å²) < 4.78 is 0. The Hall–Kier alpha value is -0.570. The number of amides is 1. The Balaban J connectivity index is 2.14. The van der Waals surface area contributed by atoms with E-state index in [-0.39, 0.29) is 6.04 Å². The summed E-state index contributed by atoms with van der Waals surface area (Å²) >= 11 is 0. The molecule has 1 heterocycles. The van der Waals surface area contributed by atoms with Crippen LogP contribution in [-0.2, 0) is 4.79 Å². The molecule has 0 aromatic carbocycles. The molecule has 3 atom stereocenters. The Morgan fingerprint density at radius 2 is 2.07 bits per heavy atom. The van der Waals surface area contributed by atoms with Crippen LogP contribution in [-0.4, -0.2) is 37.0 Å². The van der Waals surface area contributed by atoms with Crippen molar-refractivity contribution in [1.29, 1.82) is 0 Å². The lowest BCUT2D eigenvalue weighted by molar-refractivity contribution is -0.133. The molecule has 1 amide bonds. The van der Waals surface area contributed by atoms with Crippen LogP contribution in [0.25, 0.3) is 0 Å². The van der Waals surface area contributed by atoms with Crippen LogP contribution in [0.1, 0.15) is 32.1 Å². The van der Waals surface area contributed by atoms with Crippen LogP contribution >= 0.6 is 0 Å². The molecule has 0 bridgehead atoms. The van der Waals surface area contributed by atoms with E-state index in [0.29, 0.717) is 11.9 Å². The zero-order valence-electron chi connectivity index (χ0n) is 9.12. The fourth-order valence-electron chi connectivity index (χ4n) is 3.05. The highest BCUT2D eigenvalue weighted by Gasteiger charge is 2.37. The average Bonchev–Trinajstić information content (AvgIpc) is 2.61. The van der Waals surface area contributed by atoms with Crippen molar-refractivity contribution in [1.82, 2.24) is 10.2 Å². The lowest BCUT2D eigenvalue weighted by Gasteiger charge is -2.27. The number of hydrogen-bond acceptors (Lipinski definition) is 2. The van der Waals surface area contributed by atoms with E-state index in [0.717, 1.165) is 12.3 Å². The zero-order chi connectivity index (χ0) is 10.1. The van der Waals surface area contributed by atoms with Gasteiger partial charge >= 0.3 is 0 Å². The predicted octanol–water partition coefficient (Wildman–Crippen LogP) is 0.995. The second-order valence-corrected chi connectivity index (χ2v) is 4.63. The first-order valence-corrected chi connectivity index (χ1v) is 5.68. The van der Waals surface area contributed by atoms with Crippen LogP contribution in [0, 0.1) is 5.92 Å². The van der Waals surface area contributed by atoms with E-state index >= 15 is 0 Å². The van der Waals surface area contributed by atoms with Gasteiger partial charge in [0.15, 0.2) is 0 Å². The summed E-state index contributed by atoms with van der Waals surface area (Å²) in [5.41, 5.74) is 0. The Morgan fingerprint density at radius 3 is 2.79 bits per heavy atom. The quantitative estimate of drug-likeness (QED) is 0.678. The Kier molecular flexibility index (Phi) is 2.77. The normalized spacial score (nSPS) is 38.3. The van der Waals surface area contributed by atoms with Crippen LogP contribution in [0.3, 0.4) is 0 Å². The number of nitrogens with zero attached hydrogens (tertiary/aromatic N) is 1. The lowest BCUT2D eigenvalue weighted by Crippen LogP contribution is -2.45. The summed E-state index contributed by atoms with van der Waals surface area (Å²) in [7, 11) is 3.86. The molecule has 80 valence electrons. The van der Waals surface area contributed by atoms with Gasteiger partial charge in [0.25, 0.3) is 0 Å². The summed E-state index contributed by atoms with van der Waals surface area (Å²) in [6.07, 6.45) is 6.06. The van der Waals surface area contributed by atoms with Gasteiger partial charge in [0.1, 0.15) is 0 Å². The Morgan fingerprint density at radius 1 is 1.29 bits per heavy atom. The van der Waals surface area contributed by atoms with Crippen LogP contribution in [0.5, 0.6) is 0 Å². The first-order valence-electron chi connectivity index (χ1n) is 5.68. The number of likely N-dealkylation sites (tertiary alicyclic amines) is 1. The van der Waals surface area contributed by atoms with Crippen molar-refractivity contribution in [2.24, 2.45) is 5.92 Å². The van der Waals surface area contributed by atoms with Gasteiger partial charge < -0.3 is 10.2 Å². The van der Waals surface area contributed by atoms with Gasteiger partial charge in [0, 0.05) is 13.1 Å². The number of carbonyl (C=O) groups excluding carboxylic acids is 1. The molecule has 0 radical (unpaired) electrons. The summed E-state index contributed by atoms with van der Waals surface area (Å²) in [4.78, 5) is 14.0. The van der Waals surface area contributed by atoms with E-state index < -0.39 is 0 Å². The number of hydrogen-bond donors (Lipinski definition) is 1. The Labute approximate surface area is 85.8 Å². The standard InChI is InChI=1S/C11H20N2O/c1-12-9-7-6-8-4-3-5-10(8)13(2)11(9)14/h8-10,12H,3-7H2,1-2H3. The smallest absolute Gasteiger partial charge is 0.239 e. The Bertz CT molecular complexity index is 229. The highest BCUT2D eigenvalue weighted by molar-refractivity contribution is 5.82. The molecule has 2 rings (SSSR count). The zero-order valence-corrected chi connectivity index (χ0v) is 9.12. The van der Waals surface area contributed by atoms with Gasteiger partial charge in [-0.05, 0) is 38.6 Å². The van der Waals surface area contributed by atoms with Crippen molar-refractivity contribution in [3.63, 3.8) is 0 Å². The van der Waals surface area contributed by atoms with Crippen molar-refractivity contribution < 1.29 is 4.79 Å². The second kappa shape index (κ2) is 3.89. The molecule has 3 nitrogen and oxygen atoms in total. The van der Waals surface area contributed by atoms with E-state index in [9.17, 15) is 4.79 Å². The maximum atomic E-state index is 12.0. The largest absolute Gasteiger partial charge is 0.341 e. The van der Waals surface area contributed by atoms with Crippen molar-refractivity contribution in [2.75, 3.05) is 14.1 Å². The van der Waals surface area contributed by atoms with Gasteiger partial charge in [-0.15, -0.1) is 0 Å². The van der Waals surface area contributed by atoms with E-state index in [1.165, 1.54) is 25.7 Å². The molecular weight excluding hydrogens is 176 g/mol. The fourth-order valence-corrected chi connectivity index (χ4v) is 3.05. The molecule has 1 saturated carbocycles. The third kappa shape index (κ3) is 1.54. The number of carbonyl (C=O) groups is 1. The summed E-state index contributed by atoms with van der Waals surface area (Å²) in [5, 5.41) is 3.12. The third-order valence-electron chi connectivity index (χ3n) is 3.94. The maximum absolute atomic E-state index is 12.0. The lowest BCUT2D eigenvalue weighted by atomic mass is 9.97. The van der Waals surface area contributed by atoms with Crippen molar-refractivity contribution in [3.8, 4) is 0 Å². The van der Waals surface area contributed by atoms with Crippen LogP contribution in [0.15, 0.2) is 0 Å². The molecule has 14 heavy (non-hydrogen) atoms. The van der Waals surface area contributed by atoms with Crippen LogP contribution < -0.4 is 5.32 Å². The minimum Gasteiger partial charge on any atom is -0.341 e. The molecule has 1 aliphatic carbocycles. The third-order valence-corrected chi connectivity index (χ3v) is 3.94. The van der Waals surface area contributed by atoms with Gasteiger partial charge in [0.2, 0.25) is 5.91 Å². The first kappa shape index (κ1) is 9.97. The van der Waals surface area contributed by atoms with Crippen LogP contribution in [0.2, 0.25) is 0 Å². The molecule has 3 heteroatoms. The average molecular weight is 196 g/mol. The molecule has 0 spiro atoms. The molecule has 3 unspecified atom stereocenters. The number of likely N-dealkylation sites (N-methyl/N-ethyl adjacent to an activating group) is 2. The van der Waals surface area contributed by atoms with E-state index in [1.54, 1.807) is 0 Å². The molecule has 0 aromatic heterocycles. The molecule has 1 saturated heterocycles. The molecule has 1 N–H and O–H groups in total. The summed E-state index contributed by atoms with van der Waals surface area (Å²) in [6.45, 7) is 0. The SMILES string of the molecule is CNC1CCC2CCCC2N(C)C1=O. The first-order chi connectivity index (χ1) is 6.74. The highest BCUT2D eigenvalue weighted by Crippen LogP contribution is 2.35. The van der Waals surface area contributed by atoms with E-state index in [2.05, 4.69) is 5.32 Å². The van der Waals surface area contributed by atoms with Crippen molar-refractivity contribution in [3.05, 3.63) is 0 Å². The predicted molar refractivity (Wildman–Crippen MR) is 56.0 cm³/mol. The van der Waals surface area contributed by atoms with E-state index in [4.69, 9.17) is 0 Å². The molecule has 2 aliphatic rings. The number of nitrogens with one attached hydrogen (secondary N) is 1. The van der Waals surface area contributed by atoms with Gasteiger partial charge in [-0.1, -0.05) is 6.42 Å². The highest BCUT2D eigenvalue weighted by atomic mass is 16.2. The van der Waals surface area contributed by atoms with E-state index in [1.807, 2.05) is 19.0 Å². The molecule has 2 fully saturated rings. The van der Waals surface area contributed by atoms with Gasteiger partial charge in [-0.25, -0.2) is 0 Å².